The highest BCUT2D eigenvalue weighted by Gasteiger charge is 2.46. The molecule has 1 amide bonds. The molecule has 1 aliphatic carbocycles. The van der Waals surface area contributed by atoms with Crippen molar-refractivity contribution in [2.75, 3.05) is 26.2 Å². The molecule has 1 unspecified atom stereocenters. The van der Waals surface area contributed by atoms with E-state index in [2.05, 4.69) is 17.1 Å². The highest BCUT2D eigenvalue weighted by molar-refractivity contribution is 5.83. The summed E-state index contributed by atoms with van der Waals surface area (Å²) in [6, 6.07) is 0. The molecule has 2 saturated heterocycles. The van der Waals surface area contributed by atoms with Crippen LogP contribution >= 0.6 is 0 Å². The van der Waals surface area contributed by atoms with Gasteiger partial charge in [-0.1, -0.05) is 19.8 Å². The standard InChI is InChI=1S/C14H24N2O/c1-13(4-2-3-5-13)12(17)16-9-7-14(11-16)6-8-15-10-14/h15H,2-11H2,1H3. The Balaban J connectivity index is 1.68. The van der Waals surface area contributed by atoms with Crippen molar-refractivity contribution in [1.29, 1.82) is 0 Å². The Morgan fingerprint density at radius 3 is 2.59 bits per heavy atom. The van der Waals surface area contributed by atoms with E-state index in [-0.39, 0.29) is 5.41 Å². The van der Waals surface area contributed by atoms with Crippen LogP contribution in [0.1, 0.15) is 45.4 Å². The van der Waals surface area contributed by atoms with E-state index in [9.17, 15) is 4.79 Å². The third-order valence-electron chi connectivity index (χ3n) is 5.28. The number of nitrogens with zero attached hydrogens (tertiary/aromatic N) is 1. The third kappa shape index (κ3) is 1.88. The van der Waals surface area contributed by atoms with Gasteiger partial charge >= 0.3 is 0 Å². The maximum atomic E-state index is 12.6. The zero-order valence-corrected chi connectivity index (χ0v) is 10.9. The van der Waals surface area contributed by atoms with Gasteiger partial charge in [-0.05, 0) is 32.2 Å². The number of amides is 1. The number of carbonyl (C=O) groups excluding carboxylic acids is 1. The second kappa shape index (κ2) is 3.98. The van der Waals surface area contributed by atoms with Gasteiger partial charge in [-0.3, -0.25) is 4.79 Å². The molecule has 0 aromatic rings. The Morgan fingerprint density at radius 2 is 1.94 bits per heavy atom. The molecule has 3 fully saturated rings. The van der Waals surface area contributed by atoms with Gasteiger partial charge in [-0.2, -0.15) is 0 Å². The van der Waals surface area contributed by atoms with Gasteiger partial charge in [0.25, 0.3) is 0 Å². The highest BCUT2D eigenvalue weighted by atomic mass is 16.2. The lowest BCUT2D eigenvalue weighted by Crippen LogP contribution is -2.41. The summed E-state index contributed by atoms with van der Waals surface area (Å²) >= 11 is 0. The maximum absolute atomic E-state index is 12.6. The minimum atomic E-state index is -0.0302. The molecular formula is C14H24N2O. The maximum Gasteiger partial charge on any atom is 0.228 e. The summed E-state index contributed by atoms with van der Waals surface area (Å²) in [4.78, 5) is 14.8. The molecule has 3 aliphatic rings. The highest BCUT2D eigenvalue weighted by Crippen LogP contribution is 2.43. The summed E-state index contributed by atoms with van der Waals surface area (Å²) in [6.07, 6.45) is 7.15. The van der Waals surface area contributed by atoms with Gasteiger partial charge in [0, 0.05) is 30.5 Å². The molecule has 2 aliphatic heterocycles. The Labute approximate surface area is 104 Å². The second-order valence-electron chi connectivity index (χ2n) is 6.67. The number of rotatable bonds is 1. The molecule has 1 saturated carbocycles. The molecule has 2 heterocycles. The van der Waals surface area contributed by atoms with Gasteiger partial charge in [0.2, 0.25) is 5.91 Å². The van der Waals surface area contributed by atoms with Crippen LogP contribution in [-0.4, -0.2) is 37.0 Å². The zero-order chi connectivity index (χ0) is 11.9. The number of carbonyl (C=O) groups is 1. The SMILES string of the molecule is CC1(C(=O)N2CCC3(CCNC3)C2)CCCC1. The lowest BCUT2D eigenvalue weighted by molar-refractivity contribution is -0.140. The first kappa shape index (κ1) is 11.5. The molecule has 3 heteroatoms. The lowest BCUT2D eigenvalue weighted by atomic mass is 9.85. The molecule has 1 spiro atoms. The summed E-state index contributed by atoms with van der Waals surface area (Å²) in [5.74, 6) is 0.443. The van der Waals surface area contributed by atoms with Crippen molar-refractivity contribution in [2.45, 2.75) is 45.4 Å². The number of hydrogen-bond donors (Lipinski definition) is 1. The predicted molar refractivity (Wildman–Crippen MR) is 67.7 cm³/mol. The van der Waals surface area contributed by atoms with Crippen molar-refractivity contribution in [3.63, 3.8) is 0 Å². The van der Waals surface area contributed by atoms with Crippen molar-refractivity contribution >= 4 is 5.91 Å². The number of nitrogens with one attached hydrogen (secondary N) is 1. The molecule has 3 nitrogen and oxygen atoms in total. The summed E-state index contributed by atoms with van der Waals surface area (Å²) in [5.41, 5.74) is 0.391. The van der Waals surface area contributed by atoms with Crippen LogP contribution in [0, 0.1) is 10.8 Å². The van der Waals surface area contributed by atoms with E-state index in [1.54, 1.807) is 0 Å². The molecule has 1 N–H and O–H groups in total. The van der Waals surface area contributed by atoms with Crippen molar-refractivity contribution in [3.05, 3.63) is 0 Å². The van der Waals surface area contributed by atoms with Gasteiger partial charge in [0.05, 0.1) is 0 Å². The van der Waals surface area contributed by atoms with E-state index < -0.39 is 0 Å². The Hall–Kier alpha value is -0.570. The largest absolute Gasteiger partial charge is 0.342 e. The molecule has 3 rings (SSSR count). The van der Waals surface area contributed by atoms with Crippen LogP contribution in [0.4, 0.5) is 0 Å². The quantitative estimate of drug-likeness (QED) is 0.752. The Morgan fingerprint density at radius 1 is 1.18 bits per heavy atom. The summed E-state index contributed by atoms with van der Waals surface area (Å²) in [6.45, 7) is 6.44. The first-order chi connectivity index (χ1) is 8.14. The van der Waals surface area contributed by atoms with Gasteiger partial charge in [-0.15, -0.1) is 0 Å². The van der Waals surface area contributed by atoms with Crippen molar-refractivity contribution < 1.29 is 4.79 Å². The van der Waals surface area contributed by atoms with E-state index in [1.165, 1.54) is 25.7 Å². The van der Waals surface area contributed by atoms with Crippen LogP contribution in [0.2, 0.25) is 0 Å². The summed E-state index contributed by atoms with van der Waals surface area (Å²) in [5, 5.41) is 3.46. The summed E-state index contributed by atoms with van der Waals surface area (Å²) in [7, 11) is 0. The third-order valence-corrected chi connectivity index (χ3v) is 5.28. The van der Waals surface area contributed by atoms with Crippen LogP contribution in [-0.2, 0) is 4.79 Å². The molecule has 1 atom stereocenters. The molecule has 0 radical (unpaired) electrons. The van der Waals surface area contributed by atoms with Crippen LogP contribution in [0.3, 0.4) is 0 Å². The first-order valence-electron chi connectivity index (χ1n) is 7.14. The topological polar surface area (TPSA) is 32.3 Å². The fourth-order valence-electron chi connectivity index (χ4n) is 4.00. The first-order valence-corrected chi connectivity index (χ1v) is 7.14. The number of hydrogen-bond acceptors (Lipinski definition) is 2. The van der Waals surface area contributed by atoms with E-state index >= 15 is 0 Å². The fourth-order valence-corrected chi connectivity index (χ4v) is 4.00. The fraction of sp³-hybridized carbons (Fsp3) is 0.929. The van der Waals surface area contributed by atoms with E-state index in [0.29, 0.717) is 11.3 Å². The van der Waals surface area contributed by atoms with Gasteiger partial charge in [-0.25, -0.2) is 0 Å². The van der Waals surface area contributed by atoms with Crippen molar-refractivity contribution in [1.82, 2.24) is 10.2 Å². The Bertz CT molecular complexity index is 314. The van der Waals surface area contributed by atoms with Crippen LogP contribution < -0.4 is 5.32 Å². The average Bonchev–Trinajstić information content (AvgIpc) is 3.02. The van der Waals surface area contributed by atoms with Gasteiger partial charge < -0.3 is 10.2 Å². The van der Waals surface area contributed by atoms with E-state index in [1.807, 2.05) is 0 Å². The molecule has 0 bridgehead atoms. The zero-order valence-electron chi connectivity index (χ0n) is 10.9. The lowest BCUT2D eigenvalue weighted by Gasteiger charge is -2.30. The average molecular weight is 236 g/mol. The van der Waals surface area contributed by atoms with E-state index in [0.717, 1.165) is 39.0 Å². The monoisotopic (exact) mass is 236 g/mol. The second-order valence-corrected chi connectivity index (χ2v) is 6.67. The summed E-state index contributed by atoms with van der Waals surface area (Å²) < 4.78 is 0. The molecule has 96 valence electrons. The Kier molecular flexibility index (Phi) is 2.69. The number of likely N-dealkylation sites (tertiary alicyclic amines) is 1. The van der Waals surface area contributed by atoms with Crippen molar-refractivity contribution in [3.8, 4) is 0 Å². The van der Waals surface area contributed by atoms with Crippen LogP contribution in [0.5, 0.6) is 0 Å². The normalized spacial score (nSPS) is 35.9. The van der Waals surface area contributed by atoms with Crippen molar-refractivity contribution in [2.24, 2.45) is 10.8 Å². The minimum Gasteiger partial charge on any atom is -0.342 e. The van der Waals surface area contributed by atoms with Crippen LogP contribution in [0.15, 0.2) is 0 Å². The van der Waals surface area contributed by atoms with E-state index in [4.69, 9.17) is 0 Å². The van der Waals surface area contributed by atoms with Gasteiger partial charge in [0.15, 0.2) is 0 Å². The predicted octanol–water partition coefficient (Wildman–Crippen LogP) is 1.78. The smallest absolute Gasteiger partial charge is 0.228 e. The molecular weight excluding hydrogens is 212 g/mol. The molecule has 0 aromatic heterocycles. The van der Waals surface area contributed by atoms with Crippen LogP contribution in [0.25, 0.3) is 0 Å². The molecule has 0 aromatic carbocycles. The minimum absolute atomic E-state index is 0.0302. The van der Waals surface area contributed by atoms with Gasteiger partial charge in [0.1, 0.15) is 0 Å². The molecule has 17 heavy (non-hydrogen) atoms.